The highest BCUT2D eigenvalue weighted by atomic mass is 35.5. The molecule has 0 bridgehead atoms. The van der Waals surface area contributed by atoms with Gasteiger partial charge >= 0.3 is 0 Å². The highest BCUT2D eigenvalue weighted by Gasteiger charge is 2.16. The van der Waals surface area contributed by atoms with Crippen LogP contribution in [0.3, 0.4) is 0 Å². The maximum absolute atomic E-state index is 12.7. The Bertz CT molecular complexity index is 998. The van der Waals surface area contributed by atoms with Crippen LogP contribution in [0.2, 0.25) is 5.02 Å². The zero-order valence-corrected chi connectivity index (χ0v) is 15.3. The number of carbonyl (C=O) groups excluding carboxylic acids is 1. The average molecular weight is 370 g/mol. The van der Waals surface area contributed by atoms with Crippen molar-refractivity contribution in [3.63, 3.8) is 0 Å². The van der Waals surface area contributed by atoms with Crippen molar-refractivity contribution >= 4 is 28.3 Å². The molecular formula is C20H20ClN3O2. The molecule has 0 saturated heterocycles. The van der Waals surface area contributed by atoms with Crippen molar-refractivity contribution in [2.45, 2.75) is 32.9 Å². The maximum atomic E-state index is 12.7. The van der Waals surface area contributed by atoms with E-state index in [-0.39, 0.29) is 17.2 Å². The van der Waals surface area contributed by atoms with Crippen molar-refractivity contribution in [1.29, 1.82) is 0 Å². The molecule has 1 amide bonds. The predicted octanol–water partition coefficient (Wildman–Crippen LogP) is 3.78. The van der Waals surface area contributed by atoms with Crippen LogP contribution in [0, 0.1) is 0 Å². The largest absolute Gasteiger partial charge is 0.347 e. The molecule has 3 aromatic rings. The molecule has 0 fully saturated rings. The number of hydrogen-bond donors (Lipinski definition) is 1. The van der Waals surface area contributed by atoms with Gasteiger partial charge in [-0.05, 0) is 30.2 Å². The van der Waals surface area contributed by atoms with Crippen LogP contribution in [-0.4, -0.2) is 15.7 Å². The standard InChI is InChI=1S/C20H20ClN3O2/c1-2-3-11-24-20(26)17-10-5-4-9-16(17)18(23-24)19(25)22-13-14-7-6-8-15(21)12-14/h4-10,12H,2-3,11,13H2,1H3,(H,22,25). The molecule has 6 heteroatoms. The molecule has 1 heterocycles. The van der Waals surface area contributed by atoms with Crippen LogP contribution in [0.1, 0.15) is 35.8 Å². The number of carbonyl (C=O) groups is 1. The molecule has 0 radical (unpaired) electrons. The van der Waals surface area contributed by atoms with Crippen molar-refractivity contribution in [1.82, 2.24) is 15.1 Å². The van der Waals surface area contributed by atoms with Crippen LogP contribution in [0.5, 0.6) is 0 Å². The second kappa shape index (κ2) is 8.15. The van der Waals surface area contributed by atoms with Gasteiger partial charge in [0.1, 0.15) is 0 Å². The molecule has 134 valence electrons. The van der Waals surface area contributed by atoms with E-state index in [4.69, 9.17) is 11.6 Å². The van der Waals surface area contributed by atoms with Gasteiger partial charge < -0.3 is 5.32 Å². The van der Waals surface area contributed by atoms with Crippen LogP contribution in [-0.2, 0) is 13.1 Å². The molecule has 5 nitrogen and oxygen atoms in total. The summed E-state index contributed by atoms with van der Waals surface area (Å²) in [6.45, 7) is 2.88. The van der Waals surface area contributed by atoms with Crippen molar-refractivity contribution in [2.75, 3.05) is 0 Å². The van der Waals surface area contributed by atoms with E-state index < -0.39 is 0 Å². The van der Waals surface area contributed by atoms with Crippen LogP contribution in [0.15, 0.2) is 53.3 Å². The molecule has 0 spiro atoms. The number of nitrogens with zero attached hydrogens (tertiary/aromatic N) is 2. The third kappa shape index (κ3) is 3.94. The Hall–Kier alpha value is -2.66. The zero-order valence-electron chi connectivity index (χ0n) is 14.5. The third-order valence-corrected chi connectivity index (χ3v) is 4.38. The molecule has 3 rings (SSSR count). The smallest absolute Gasteiger partial charge is 0.274 e. The van der Waals surface area contributed by atoms with Gasteiger partial charge in [0.25, 0.3) is 11.5 Å². The monoisotopic (exact) mass is 369 g/mol. The SMILES string of the molecule is CCCCn1nc(C(=O)NCc2cccc(Cl)c2)c2ccccc2c1=O. The third-order valence-electron chi connectivity index (χ3n) is 4.15. The highest BCUT2D eigenvalue weighted by Crippen LogP contribution is 2.14. The number of aromatic nitrogens is 2. The molecule has 26 heavy (non-hydrogen) atoms. The summed E-state index contributed by atoms with van der Waals surface area (Å²) in [5, 5.41) is 8.88. The first-order valence-corrected chi connectivity index (χ1v) is 9.00. The van der Waals surface area contributed by atoms with Crippen molar-refractivity contribution in [2.24, 2.45) is 0 Å². The first-order chi connectivity index (χ1) is 12.6. The van der Waals surface area contributed by atoms with Crippen LogP contribution in [0.25, 0.3) is 10.8 Å². The fourth-order valence-electron chi connectivity index (χ4n) is 2.78. The number of unbranched alkanes of at least 4 members (excludes halogenated alkanes) is 1. The normalized spacial score (nSPS) is 10.8. The number of rotatable bonds is 6. The van der Waals surface area contributed by atoms with Crippen LogP contribution < -0.4 is 10.9 Å². The molecular weight excluding hydrogens is 350 g/mol. The quantitative estimate of drug-likeness (QED) is 0.719. The van der Waals surface area contributed by atoms with Crippen molar-refractivity contribution in [3.05, 3.63) is 75.2 Å². The molecule has 2 aromatic carbocycles. The summed E-state index contributed by atoms with van der Waals surface area (Å²) in [4.78, 5) is 25.3. The van der Waals surface area contributed by atoms with E-state index in [1.807, 2.05) is 19.1 Å². The van der Waals surface area contributed by atoms with E-state index in [1.54, 1.807) is 36.4 Å². The molecule has 1 N–H and O–H groups in total. The summed E-state index contributed by atoms with van der Waals surface area (Å²) in [7, 11) is 0. The van der Waals surface area contributed by atoms with E-state index in [2.05, 4.69) is 10.4 Å². The Labute approximate surface area is 156 Å². The lowest BCUT2D eigenvalue weighted by Gasteiger charge is -2.11. The summed E-state index contributed by atoms with van der Waals surface area (Å²) in [6.07, 6.45) is 1.77. The number of halogens is 1. The summed E-state index contributed by atoms with van der Waals surface area (Å²) < 4.78 is 1.39. The summed E-state index contributed by atoms with van der Waals surface area (Å²) in [6, 6.07) is 14.4. The highest BCUT2D eigenvalue weighted by molar-refractivity contribution is 6.30. The van der Waals surface area contributed by atoms with E-state index >= 15 is 0 Å². The average Bonchev–Trinajstić information content (AvgIpc) is 2.66. The lowest BCUT2D eigenvalue weighted by atomic mass is 10.1. The topological polar surface area (TPSA) is 64.0 Å². The van der Waals surface area contributed by atoms with Gasteiger partial charge in [0.2, 0.25) is 0 Å². The number of fused-ring (bicyclic) bond motifs is 1. The van der Waals surface area contributed by atoms with Gasteiger partial charge in [0.15, 0.2) is 5.69 Å². The first-order valence-electron chi connectivity index (χ1n) is 8.62. The molecule has 0 unspecified atom stereocenters. The fourth-order valence-corrected chi connectivity index (χ4v) is 2.99. The Morgan fingerprint density at radius 1 is 1.15 bits per heavy atom. The first kappa shape index (κ1) is 18.1. The molecule has 0 aliphatic carbocycles. The predicted molar refractivity (Wildman–Crippen MR) is 104 cm³/mol. The van der Waals surface area contributed by atoms with E-state index in [1.165, 1.54) is 4.68 Å². The van der Waals surface area contributed by atoms with E-state index in [0.717, 1.165) is 18.4 Å². The van der Waals surface area contributed by atoms with Gasteiger partial charge in [0.05, 0.1) is 5.39 Å². The fraction of sp³-hybridized carbons (Fsp3) is 0.250. The van der Waals surface area contributed by atoms with Gasteiger partial charge in [-0.3, -0.25) is 9.59 Å². The minimum Gasteiger partial charge on any atom is -0.347 e. The van der Waals surface area contributed by atoms with E-state index in [9.17, 15) is 9.59 Å². The zero-order chi connectivity index (χ0) is 18.5. The number of hydrogen-bond acceptors (Lipinski definition) is 3. The lowest BCUT2D eigenvalue weighted by Crippen LogP contribution is -2.30. The van der Waals surface area contributed by atoms with E-state index in [0.29, 0.717) is 28.9 Å². The lowest BCUT2D eigenvalue weighted by molar-refractivity contribution is 0.0945. The van der Waals surface area contributed by atoms with Gasteiger partial charge in [-0.15, -0.1) is 0 Å². The minimum absolute atomic E-state index is 0.166. The summed E-state index contributed by atoms with van der Waals surface area (Å²) in [5.74, 6) is -0.313. The number of amides is 1. The number of aryl methyl sites for hydroxylation is 1. The van der Waals surface area contributed by atoms with Gasteiger partial charge in [0, 0.05) is 23.5 Å². The molecule has 0 aliphatic rings. The van der Waals surface area contributed by atoms with Crippen LogP contribution in [0.4, 0.5) is 0 Å². The molecule has 1 aromatic heterocycles. The minimum atomic E-state index is -0.313. The van der Waals surface area contributed by atoms with Crippen molar-refractivity contribution < 1.29 is 4.79 Å². The van der Waals surface area contributed by atoms with Gasteiger partial charge in [-0.25, -0.2) is 4.68 Å². The Morgan fingerprint density at radius 2 is 1.92 bits per heavy atom. The Morgan fingerprint density at radius 3 is 2.65 bits per heavy atom. The number of nitrogens with one attached hydrogen (secondary N) is 1. The van der Waals surface area contributed by atoms with Crippen molar-refractivity contribution in [3.8, 4) is 0 Å². The summed E-state index contributed by atoms with van der Waals surface area (Å²) in [5.41, 5.74) is 0.994. The maximum Gasteiger partial charge on any atom is 0.274 e. The number of benzene rings is 2. The van der Waals surface area contributed by atoms with Crippen LogP contribution >= 0.6 is 11.6 Å². The second-order valence-electron chi connectivity index (χ2n) is 6.09. The second-order valence-corrected chi connectivity index (χ2v) is 6.53. The molecule has 0 aliphatic heterocycles. The Balaban J connectivity index is 1.93. The molecule has 0 atom stereocenters. The molecule has 0 saturated carbocycles. The van der Waals surface area contributed by atoms with Gasteiger partial charge in [-0.1, -0.05) is 55.3 Å². The summed E-state index contributed by atoms with van der Waals surface area (Å²) >= 11 is 5.98. The van der Waals surface area contributed by atoms with Gasteiger partial charge in [-0.2, -0.15) is 5.10 Å². The Kier molecular flexibility index (Phi) is 5.68.